The van der Waals surface area contributed by atoms with Crippen LogP contribution in [0.25, 0.3) is 0 Å². The van der Waals surface area contributed by atoms with Crippen molar-refractivity contribution in [3.8, 4) is 5.75 Å². The topological polar surface area (TPSA) is 110 Å². The molecule has 1 heterocycles. The van der Waals surface area contributed by atoms with E-state index < -0.39 is 11.8 Å². The Labute approximate surface area is 179 Å². The summed E-state index contributed by atoms with van der Waals surface area (Å²) in [5, 5.41) is 8.00. The molecule has 8 nitrogen and oxygen atoms in total. The summed E-state index contributed by atoms with van der Waals surface area (Å²) in [5.41, 5.74) is 3.13. The van der Waals surface area contributed by atoms with Gasteiger partial charge in [-0.3, -0.25) is 14.4 Å². The average Bonchev–Trinajstić information content (AvgIpc) is 3.29. The zero-order valence-corrected chi connectivity index (χ0v) is 17.2. The molecule has 160 valence electrons. The summed E-state index contributed by atoms with van der Waals surface area (Å²) in [5.74, 6) is -0.581. The molecule has 0 saturated heterocycles. The van der Waals surface area contributed by atoms with Gasteiger partial charge in [0.2, 0.25) is 5.91 Å². The molecule has 3 aromatic rings. The number of rotatable bonds is 8. The maximum atomic E-state index is 12.1. The molecule has 0 aliphatic carbocycles. The van der Waals surface area contributed by atoms with Gasteiger partial charge < -0.3 is 25.1 Å². The molecule has 0 saturated carbocycles. The van der Waals surface area contributed by atoms with Crippen molar-refractivity contribution in [2.24, 2.45) is 0 Å². The van der Waals surface area contributed by atoms with Crippen LogP contribution in [-0.2, 0) is 9.59 Å². The second kappa shape index (κ2) is 10.1. The van der Waals surface area contributed by atoms with Crippen molar-refractivity contribution >= 4 is 29.1 Å². The van der Waals surface area contributed by atoms with E-state index in [-0.39, 0.29) is 24.8 Å². The number of aryl methyl sites for hydroxylation is 2. The molecule has 8 heteroatoms. The van der Waals surface area contributed by atoms with Crippen LogP contribution in [0, 0.1) is 13.8 Å². The molecule has 3 rings (SSSR count). The van der Waals surface area contributed by atoms with Gasteiger partial charge in [-0.1, -0.05) is 24.3 Å². The normalized spacial score (nSPS) is 10.3. The van der Waals surface area contributed by atoms with E-state index in [0.717, 1.165) is 16.8 Å². The highest BCUT2D eigenvalue weighted by atomic mass is 16.5. The number of carbonyl (C=O) groups is 3. The highest BCUT2D eigenvalue weighted by Crippen LogP contribution is 2.19. The molecule has 0 fully saturated rings. The second-order valence-corrected chi connectivity index (χ2v) is 6.84. The fourth-order valence-electron chi connectivity index (χ4n) is 2.84. The Kier molecular flexibility index (Phi) is 7.05. The molecule has 0 atom stereocenters. The van der Waals surface area contributed by atoms with Crippen LogP contribution >= 0.6 is 0 Å². The zero-order valence-electron chi connectivity index (χ0n) is 17.2. The first-order valence-corrected chi connectivity index (χ1v) is 9.63. The molecule has 31 heavy (non-hydrogen) atoms. The van der Waals surface area contributed by atoms with Crippen molar-refractivity contribution in [3.05, 3.63) is 77.7 Å². The minimum absolute atomic E-state index is 0.171. The number of furan rings is 1. The number of nitrogens with one attached hydrogen (secondary N) is 3. The van der Waals surface area contributed by atoms with Crippen LogP contribution in [0.1, 0.15) is 21.7 Å². The Morgan fingerprint density at radius 1 is 0.903 bits per heavy atom. The predicted octanol–water partition coefficient (Wildman–Crippen LogP) is 3.28. The Bertz CT molecular complexity index is 1060. The number of anilines is 2. The smallest absolute Gasteiger partial charge is 0.291 e. The molecular formula is C23H23N3O5. The Morgan fingerprint density at radius 3 is 2.35 bits per heavy atom. The van der Waals surface area contributed by atoms with Crippen molar-refractivity contribution in [3.63, 3.8) is 0 Å². The van der Waals surface area contributed by atoms with E-state index >= 15 is 0 Å². The van der Waals surface area contributed by atoms with Crippen LogP contribution in [-0.4, -0.2) is 30.9 Å². The monoisotopic (exact) mass is 421 g/mol. The summed E-state index contributed by atoms with van der Waals surface area (Å²) >= 11 is 0. The number of para-hydroxylation sites is 1. The quantitative estimate of drug-likeness (QED) is 0.517. The third kappa shape index (κ3) is 6.20. The summed E-state index contributed by atoms with van der Waals surface area (Å²) in [4.78, 5) is 36.2. The standard InChI is InChI=1S/C23H23N3O5/c1-15-6-3-7-16(2)22(15)26-20(27)13-24-21(28)14-31-18-9-4-8-17(12-18)25-23(29)19-10-5-11-30-19/h3-12H,13-14H2,1-2H3,(H,24,28)(H,25,29)(H,26,27). The Balaban J connectivity index is 1.45. The number of carbonyl (C=O) groups excluding carboxylic acids is 3. The molecule has 0 bridgehead atoms. The summed E-state index contributed by atoms with van der Waals surface area (Å²) in [6, 6.07) is 15.5. The van der Waals surface area contributed by atoms with Crippen molar-refractivity contribution in [1.29, 1.82) is 0 Å². The minimum Gasteiger partial charge on any atom is -0.484 e. The van der Waals surface area contributed by atoms with E-state index in [2.05, 4.69) is 16.0 Å². The van der Waals surface area contributed by atoms with Crippen LogP contribution in [0.5, 0.6) is 5.75 Å². The summed E-state index contributed by atoms with van der Waals surface area (Å²) < 4.78 is 10.5. The van der Waals surface area contributed by atoms with E-state index in [1.807, 2.05) is 32.0 Å². The van der Waals surface area contributed by atoms with Crippen molar-refractivity contribution in [2.45, 2.75) is 13.8 Å². The van der Waals surface area contributed by atoms with Crippen molar-refractivity contribution in [1.82, 2.24) is 5.32 Å². The van der Waals surface area contributed by atoms with Crippen LogP contribution in [0.2, 0.25) is 0 Å². The molecule has 0 unspecified atom stereocenters. The number of hydrogen-bond acceptors (Lipinski definition) is 5. The van der Waals surface area contributed by atoms with Gasteiger partial charge in [0.05, 0.1) is 12.8 Å². The molecule has 1 aromatic heterocycles. The van der Waals surface area contributed by atoms with Crippen molar-refractivity contribution < 1.29 is 23.5 Å². The van der Waals surface area contributed by atoms with Gasteiger partial charge >= 0.3 is 0 Å². The van der Waals surface area contributed by atoms with Gasteiger partial charge in [0.25, 0.3) is 11.8 Å². The maximum Gasteiger partial charge on any atom is 0.291 e. The maximum absolute atomic E-state index is 12.1. The third-order valence-corrected chi connectivity index (χ3v) is 4.40. The van der Waals surface area contributed by atoms with Gasteiger partial charge in [-0.2, -0.15) is 0 Å². The first-order chi connectivity index (χ1) is 14.9. The van der Waals surface area contributed by atoms with Gasteiger partial charge in [0, 0.05) is 17.4 Å². The Hall–Kier alpha value is -4.07. The lowest BCUT2D eigenvalue weighted by atomic mass is 10.1. The predicted molar refractivity (Wildman–Crippen MR) is 116 cm³/mol. The van der Waals surface area contributed by atoms with Gasteiger partial charge in [-0.15, -0.1) is 0 Å². The first kappa shape index (κ1) is 21.6. The highest BCUT2D eigenvalue weighted by Gasteiger charge is 2.11. The number of benzene rings is 2. The van der Waals surface area contributed by atoms with E-state index in [1.54, 1.807) is 36.4 Å². The van der Waals surface area contributed by atoms with E-state index in [0.29, 0.717) is 11.4 Å². The SMILES string of the molecule is Cc1cccc(C)c1NC(=O)CNC(=O)COc1cccc(NC(=O)c2ccco2)c1. The third-order valence-electron chi connectivity index (χ3n) is 4.40. The molecule has 0 spiro atoms. The minimum atomic E-state index is -0.443. The van der Waals surface area contributed by atoms with Crippen LogP contribution in [0.3, 0.4) is 0 Å². The molecule has 3 amide bonds. The highest BCUT2D eigenvalue weighted by molar-refractivity contribution is 6.02. The van der Waals surface area contributed by atoms with Gasteiger partial charge in [0.1, 0.15) is 5.75 Å². The second-order valence-electron chi connectivity index (χ2n) is 6.84. The molecule has 0 aliphatic rings. The lowest BCUT2D eigenvalue weighted by Crippen LogP contribution is -2.36. The van der Waals surface area contributed by atoms with E-state index in [4.69, 9.17) is 9.15 Å². The van der Waals surface area contributed by atoms with E-state index in [9.17, 15) is 14.4 Å². The average molecular weight is 421 g/mol. The van der Waals surface area contributed by atoms with Crippen LogP contribution < -0.4 is 20.7 Å². The number of ether oxygens (including phenoxy) is 1. The first-order valence-electron chi connectivity index (χ1n) is 9.63. The summed E-state index contributed by atoms with van der Waals surface area (Å²) in [6.07, 6.45) is 1.41. The molecule has 0 radical (unpaired) electrons. The van der Waals surface area contributed by atoms with Crippen molar-refractivity contribution in [2.75, 3.05) is 23.8 Å². The summed E-state index contributed by atoms with van der Waals surface area (Å²) in [7, 11) is 0. The molecular weight excluding hydrogens is 398 g/mol. The summed E-state index contributed by atoms with van der Waals surface area (Å²) in [6.45, 7) is 3.36. The van der Waals surface area contributed by atoms with Crippen LogP contribution in [0.15, 0.2) is 65.3 Å². The fourth-order valence-corrected chi connectivity index (χ4v) is 2.84. The van der Waals surface area contributed by atoms with Gasteiger partial charge in [0.15, 0.2) is 12.4 Å². The largest absolute Gasteiger partial charge is 0.484 e. The lowest BCUT2D eigenvalue weighted by Gasteiger charge is -2.12. The van der Waals surface area contributed by atoms with Crippen LogP contribution in [0.4, 0.5) is 11.4 Å². The number of amides is 3. The lowest BCUT2D eigenvalue weighted by molar-refractivity contribution is -0.125. The van der Waals surface area contributed by atoms with Gasteiger partial charge in [-0.05, 0) is 49.2 Å². The van der Waals surface area contributed by atoms with Gasteiger partial charge in [-0.25, -0.2) is 0 Å². The molecule has 2 aromatic carbocycles. The van der Waals surface area contributed by atoms with E-state index in [1.165, 1.54) is 6.26 Å². The molecule has 0 aliphatic heterocycles. The zero-order chi connectivity index (χ0) is 22.2. The fraction of sp³-hybridized carbons (Fsp3) is 0.174. The Morgan fingerprint density at radius 2 is 1.65 bits per heavy atom. The molecule has 3 N–H and O–H groups in total. The number of hydrogen-bond donors (Lipinski definition) is 3.